The zero-order valence-corrected chi connectivity index (χ0v) is 12.1. The minimum Gasteiger partial charge on any atom is -0.179 e. The Balaban J connectivity index is 0.000000196. The number of unbranched alkanes of at least 4 members (excludes halogenated alkanes) is 1. The van der Waals surface area contributed by atoms with Crippen molar-refractivity contribution in [3.8, 4) is 0 Å². The first-order valence-corrected chi connectivity index (χ1v) is 8.30. The smallest absolute Gasteiger partial charge is 0.00672 e. The van der Waals surface area contributed by atoms with Crippen LogP contribution in [0.25, 0.3) is 0 Å². The molecule has 0 spiro atoms. The van der Waals surface area contributed by atoms with E-state index in [4.69, 9.17) is 0 Å². The van der Waals surface area contributed by atoms with Gasteiger partial charge in [0.05, 0.1) is 0 Å². The van der Waals surface area contributed by atoms with E-state index in [0.29, 0.717) is 0 Å². The fourth-order valence-corrected chi connectivity index (χ4v) is 2.69. The second-order valence-corrected chi connectivity index (χ2v) is 5.68. The second kappa shape index (κ2) is 14.4. The monoisotopic (exact) mass is 262 g/mol. The Morgan fingerprint density at radius 2 is 1.73 bits per heavy atom. The molecule has 0 radical (unpaired) electrons. The van der Waals surface area contributed by atoms with Gasteiger partial charge in [0.1, 0.15) is 0 Å². The first-order valence-electron chi connectivity index (χ1n) is 5.57. The summed E-state index contributed by atoms with van der Waals surface area (Å²) in [6.45, 7) is 2.16. The predicted molar refractivity (Wildman–Crippen MR) is 79.6 cm³/mol. The van der Waals surface area contributed by atoms with Gasteiger partial charge in [-0.2, -0.15) is 35.7 Å². The van der Waals surface area contributed by atoms with Gasteiger partial charge in [0.25, 0.3) is 0 Å². The van der Waals surface area contributed by atoms with E-state index in [1.54, 1.807) is 11.3 Å². The van der Waals surface area contributed by atoms with Crippen molar-refractivity contribution in [2.75, 3.05) is 17.3 Å². The predicted octanol–water partition coefficient (Wildman–Crippen LogP) is 4.98. The van der Waals surface area contributed by atoms with Gasteiger partial charge in [0, 0.05) is 0 Å². The molecule has 1 aromatic rings. The number of thiol groups is 1. The fraction of sp³-hybridized carbons (Fsp3) is 0.667. The van der Waals surface area contributed by atoms with Gasteiger partial charge in [-0.25, -0.2) is 0 Å². The summed E-state index contributed by atoms with van der Waals surface area (Å²) in [5.74, 6) is 3.87. The van der Waals surface area contributed by atoms with E-state index in [0.717, 1.165) is 5.75 Å². The molecule has 15 heavy (non-hydrogen) atoms. The Hall–Kier alpha value is 0.400. The minimum absolute atomic E-state index is 1.04. The highest BCUT2D eigenvalue weighted by Gasteiger charge is 1.95. The molecule has 0 bridgehead atoms. The van der Waals surface area contributed by atoms with Gasteiger partial charge in [-0.15, -0.1) is 0 Å². The third kappa shape index (κ3) is 14.4. The lowest BCUT2D eigenvalue weighted by atomic mass is 10.4. The van der Waals surface area contributed by atoms with Crippen molar-refractivity contribution in [3.63, 3.8) is 0 Å². The van der Waals surface area contributed by atoms with Gasteiger partial charge in [0.15, 0.2) is 0 Å². The lowest BCUT2D eigenvalue weighted by Gasteiger charge is -1.78. The van der Waals surface area contributed by atoms with E-state index in [2.05, 4.69) is 31.3 Å². The third-order valence-electron chi connectivity index (χ3n) is 1.76. The van der Waals surface area contributed by atoms with Crippen LogP contribution in [-0.2, 0) is 0 Å². The molecule has 2 heterocycles. The number of rotatable bonds is 2. The average molecular weight is 263 g/mol. The summed E-state index contributed by atoms with van der Waals surface area (Å²) in [5, 5.41) is 4.08. The lowest BCUT2D eigenvalue weighted by Crippen LogP contribution is -1.65. The van der Waals surface area contributed by atoms with E-state index in [9.17, 15) is 0 Å². The van der Waals surface area contributed by atoms with Crippen LogP contribution in [0.15, 0.2) is 22.9 Å². The number of hydrogen-bond acceptors (Lipinski definition) is 3. The van der Waals surface area contributed by atoms with Gasteiger partial charge >= 0.3 is 0 Å². The molecule has 0 saturated carbocycles. The average Bonchev–Trinajstić information content (AvgIpc) is 2.99. The Kier molecular flexibility index (Phi) is 14.8. The number of thioether (sulfide) groups is 1. The molecule has 1 aliphatic heterocycles. The summed E-state index contributed by atoms with van der Waals surface area (Å²) in [5.41, 5.74) is 0. The van der Waals surface area contributed by atoms with Crippen LogP contribution in [0, 0.1) is 0 Å². The summed E-state index contributed by atoms with van der Waals surface area (Å²) in [4.78, 5) is 0. The van der Waals surface area contributed by atoms with Crippen molar-refractivity contribution in [1.82, 2.24) is 0 Å². The van der Waals surface area contributed by atoms with Crippen molar-refractivity contribution in [2.45, 2.75) is 32.6 Å². The molecule has 1 saturated heterocycles. The van der Waals surface area contributed by atoms with Crippen LogP contribution in [0.5, 0.6) is 0 Å². The first-order chi connectivity index (χ1) is 7.41. The van der Waals surface area contributed by atoms with Crippen molar-refractivity contribution in [2.24, 2.45) is 0 Å². The van der Waals surface area contributed by atoms with Crippen molar-refractivity contribution >= 4 is 35.7 Å². The highest BCUT2D eigenvalue weighted by molar-refractivity contribution is 7.99. The van der Waals surface area contributed by atoms with Crippen LogP contribution in [-0.4, -0.2) is 17.3 Å². The molecule has 0 unspecified atom stereocenters. The fourth-order valence-electron chi connectivity index (χ4n) is 0.895. The molecule has 1 aliphatic rings. The molecule has 3 heteroatoms. The maximum absolute atomic E-state index is 4.00. The molecule has 88 valence electrons. The van der Waals surface area contributed by atoms with E-state index >= 15 is 0 Å². The molecule has 1 fully saturated rings. The van der Waals surface area contributed by atoms with E-state index < -0.39 is 0 Å². The number of thiophene rings is 1. The SMILES string of the molecule is C1CCSC1.CCCCS.c1ccsc1. The highest BCUT2D eigenvalue weighted by atomic mass is 32.2. The summed E-state index contributed by atoms with van der Waals surface area (Å²) in [6.07, 6.45) is 5.45. The maximum atomic E-state index is 4.00. The molecule has 0 aromatic carbocycles. The molecule has 0 nitrogen and oxygen atoms in total. The quantitative estimate of drug-likeness (QED) is 0.734. The second-order valence-electron chi connectivity index (χ2n) is 3.19. The van der Waals surface area contributed by atoms with Crippen molar-refractivity contribution in [3.05, 3.63) is 22.9 Å². The molecule has 1 aromatic heterocycles. The van der Waals surface area contributed by atoms with Gasteiger partial charge in [0.2, 0.25) is 0 Å². The molecule has 0 amide bonds. The third-order valence-corrected chi connectivity index (χ3v) is 3.86. The van der Waals surface area contributed by atoms with Gasteiger partial charge in [-0.3, -0.25) is 0 Å². The van der Waals surface area contributed by atoms with Gasteiger partial charge in [-0.1, -0.05) is 25.5 Å². The number of hydrogen-bond donors (Lipinski definition) is 1. The topological polar surface area (TPSA) is 0 Å². The van der Waals surface area contributed by atoms with E-state index in [1.165, 1.54) is 37.2 Å². The normalized spacial score (nSPS) is 13.5. The summed E-state index contributed by atoms with van der Waals surface area (Å²) in [6, 6.07) is 4.04. The van der Waals surface area contributed by atoms with Crippen LogP contribution in [0.4, 0.5) is 0 Å². The molecular weight excluding hydrogens is 240 g/mol. The summed E-state index contributed by atoms with van der Waals surface area (Å²) in [7, 11) is 0. The van der Waals surface area contributed by atoms with Crippen LogP contribution in [0.1, 0.15) is 32.6 Å². The Morgan fingerprint density at radius 3 is 1.87 bits per heavy atom. The van der Waals surface area contributed by atoms with Crippen LogP contribution >= 0.6 is 35.7 Å². The largest absolute Gasteiger partial charge is 0.179 e. The zero-order chi connectivity index (χ0) is 11.2. The molecule has 0 atom stereocenters. The standard InChI is InChI=1S/C4H8S.C4H4S.C4H10S/c2*1-2-4-5-3-1;1-2-3-4-5/h1-4H2;1-4H;5H,2-4H2,1H3. The van der Waals surface area contributed by atoms with Crippen molar-refractivity contribution < 1.29 is 0 Å². The van der Waals surface area contributed by atoms with Crippen LogP contribution in [0.2, 0.25) is 0 Å². The van der Waals surface area contributed by atoms with Crippen LogP contribution in [0.3, 0.4) is 0 Å². The Labute approximate surface area is 108 Å². The zero-order valence-electron chi connectivity index (χ0n) is 9.52. The summed E-state index contributed by atoms with van der Waals surface area (Å²) < 4.78 is 0. The molecule has 2 rings (SSSR count). The highest BCUT2D eigenvalue weighted by Crippen LogP contribution is 2.14. The maximum Gasteiger partial charge on any atom is -0.00672 e. The van der Waals surface area contributed by atoms with E-state index in [1.807, 2.05) is 22.9 Å². The van der Waals surface area contributed by atoms with E-state index in [-0.39, 0.29) is 0 Å². The van der Waals surface area contributed by atoms with Gasteiger partial charge < -0.3 is 0 Å². The minimum atomic E-state index is 1.04. The molecule has 0 aliphatic carbocycles. The molecular formula is C12H22S3. The molecule has 0 N–H and O–H groups in total. The summed E-state index contributed by atoms with van der Waals surface area (Å²) >= 11 is 7.79. The van der Waals surface area contributed by atoms with Gasteiger partial charge in [-0.05, 0) is 47.3 Å². The lowest BCUT2D eigenvalue weighted by molar-refractivity contribution is 0.899. The Bertz CT molecular complexity index is 142. The van der Waals surface area contributed by atoms with Crippen molar-refractivity contribution in [1.29, 1.82) is 0 Å². The first kappa shape index (κ1) is 15.4. The van der Waals surface area contributed by atoms with Crippen LogP contribution < -0.4 is 0 Å². The Morgan fingerprint density at radius 1 is 1.13 bits per heavy atom.